The second kappa shape index (κ2) is 8.21. The Morgan fingerprint density at radius 3 is 2.38 bits per heavy atom. The van der Waals surface area contributed by atoms with Crippen LogP contribution in [0.1, 0.15) is 46.7 Å². The number of carbonyl (C=O) groups excluding carboxylic acids is 2. The average molecular weight is 354 g/mol. The molecule has 1 saturated heterocycles. The molecule has 0 aliphatic carbocycles. The van der Waals surface area contributed by atoms with Gasteiger partial charge in [-0.05, 0) is 56.9 Å². The molecule has 0 radical (unpaired) electrons. The molecule has 1 aromatic carbocycles. The zero-order chi connectivity index (χ0) is 18.5. The van der Waals surface area contributed by atoms with E-state index in [0.717, 1.165) is 35.5 Å². The maximum atomic E-state index is 12.5. The summed E-state index contributed by atoms with van der Waals surface area (Å²) in [6, 6.07) is 11.5. The summed E-state index contributed by atoms with van der Waals surface area (Å²) in [5, 5.41) is 2.91. The van der Waals surface area contributed by atoms with Crippen molar-refractivity contribution in [2.24, 2.45) is 5.92 Å². The van der Waals surface area contributed by atoms with E-state index in [0.29, 0.717) is 32.0 Å². The number of piperidine rings is 1. The standard InChI is InChI=1S/C21H26N2O3/c1-15-3-6-18(7-4-15)21(25)23-11-9-17(10-12-23)13-20(24)22-14-19-8-5-16(2)26-19/h3-8,17H,9-14H2,1-2H3,(H,22,24). The fraction of sp³-hybridized carbons (Fsp3) is 0.429. The maximum absolute atomic E-state index is 12.5. The van der Waals surface area contributed by atoms with E-state index in [2.05, 4.69) is 5.32 Å². The number of hydrogen-bond acceptors (Lipinski definition) is 3. The monoisotopic (exact) mass is 354 g/mol. The third kappa shape index (κ3) is 4.75. The normalized spacial score (nSPS) is 15.1. The highest BCUT2D eigenvalue weighted by Gasteiger charge is 2.25. The van der Waals surface area contributed by atoms with Gasteiger partial charge < -0.3 is 14.6 Å². The molecule has 1 aromatic heterocycles. The van der Waals surface area contributed by atoms with E-state index < -0.39 is 0 Å². The van der Waals surface area contributed by atoms with Crippen LogP contribution in [0.15, 0.2) is 40.8 Å². The van der Waals surface area contributed by atoms with Gasteiger partial charge in [0.25, 0.3) is 5.91 Å². The highest BCUT2D eigenvalue weighted by Crippen LogP contribution is 2.22. The van der Waals surface area contributed by atoms with Gasteiger partial charge in [0, 0.05) is 25.1 Å². The Labute approximate surface area is 154 Å². The smallest absolute Gasteiger partial charge is 0.253 e. The van der Waals surface area contributed by atoms with Gasteiger partial charge in [-0.2, -0.15) is 0 Å². The third-order valence-corrected chi connectivity index (χ3v) is 4.93. The molecule has 3 rings (SSSR count). The minimum atomic E-state index is 0.0439. The Hall–Kier alpha value is -2.56. The number of likely N-dealkylation sites (tertiary alicyclic amines) is 1. The van der Waals surface area contributed by atoms with Crippen LogP contribution < -0.4 is 5.32 Å². The molecule has 138 valence electrons. The fourth-order valence-electron chi connectivity index (χ4n) is 3.32. The second-order valence-corrected chi connectivity index (χ2v) is 7.09. The predicted molar refractivity (Wildman–Crippen MR) is 99.7 cm³/mol. The number of nitrogens with one attached hydrogen (secondary N) is 1. The number of carbonyl (C=O) groups is 2. The van der Waals surface area contributed by atoms with E-state index in [1.165, 1.54) is 0 Å². The van der Waals surface area contributed by atoms with E-state index in [9.17, 15) is 9.59 Å². The summed E-state index contributed by atoms with van der Waals surface area (Å²) in [6.45, 7) is 5.75. The van der Waals surface area contributed by atoms with E-state index in [1.807, 2.05) is 55.1 Å². The molecule has 1 N–H and O–H groups in total. The molecule has 0 atom stereocenters. The Balaban J connectivity index is 1.42. The lowest BCUT2D eigenvalue weighted by molar-refractivity contribution is -0.122. The first-order valence-electron chi connectivity index (χ1n) is 9.19. The van der Waals surface area contributed by atoms with Crippen LogP contribution in [-0.2, 0) is 11.3 Å². The highest BCUT2D eigenvalue weighted by molar-refractivity contribution is 5.94. The number of rotatable bonds is 5. The molecule has 0 saturated carbocycles. The van der Waals surface area contributed by atoms with Crippen LogP contribution in [0.5, 0.6) is 0 Å². The summed E-state index contributed by atoms with van der Waals surface area (Å²) in [6.07, 6.45) is 2.24. The molecule has 2 heterocycles. The topological polar surface area (TPSA) is 62.6 Å². The second-order valence-electron chi connectivity index (χ2n) is 7.09. The Morgan fingerprint density at radius 2 is 1.77 bits per heavy atom. The number of aryl methyl sites for hydroxylation is 2. The van der Waals surface area contributed by atoms with Crippen molar-refractivity contribution < 1.29 is 14.0 Å². The SMILES string of the molecule is Cc1ccc(C(=O)N2CCC(CC(=O)NCc3ccc(C)o3)CC2)cc1. The molecule has 26 heavy (non-hydrogen) atoms. The van der Waals surface area contributed by atoms with Crippen molar-refractivity contribution in [2.75, 3.05) is 13.1 Å². The lowest BCUT2D eigenvalue weighted by Crippen LogP contribution is -2.39. The summed E-state index contributed by atoms with van der Waals surface area (Å²) >= 11 is 0. The van der Waals surface area contributed by atoms with Crippen LogP contribution in [0.3, 0.4) is 0 Å². The first-order chi connectivity index (χ1) is 12.5. The Morgan fingerprint density at radius 1 is 1.08 bits per heavy atom. The lowest BCUT2D eigenvalue weighted by Gasteiger charge is -2.31. The summed E-state index contributed by atoms with van der Waals surface area (Å²) < 4.78 is 5.45. The van der Waals surface area contributed by atoms with Crippen LogP contribution in [0.25, 0.3) is 0 Å². The van der Waals surface area contributed by atoms with Gasteiger partial charge >= 0.3 is 0 Å². The van der Waals surface area contributed by atoms with Crippen LogP contribution in [-0.4, -0.2) is 29.8 Å². The molecule has 5 heteroatoms. The van der Waals surface area contributed by atoms with Crippen LogP contribution >= 0.6 is 0 Å². The van der Waals surface area contributed by atoms with Crippen molar-refractivity contribution >= 4 is 11.8 Å². The molecule has 2 amide bonds. The van der Waals surface area contributed by atoms with Crippen LogP contribution in [0.2, 0.25) is 0 Å². The minimum absolute atomic E-state index is 0.0439. The summed E-state index contributed by atoms with van der Waals surface area (Å²) in [4.78, 5) is 26.6. The molecule has 1 aliphatic rings. The van der Waals surface area contributed by atoms with E-state index >= 15 is 0 Å². The van der Waals surface area contributed by atoms with Crippen molar-refractivity contribution in [3.63, 3.8) is 0 Å². The third-order valence-electron chi connectivity index (χ3n) is 4.93. The number of furan rings is 1. The summed E-state index contributed by atoms with van der Waals surface area (Å²) in [5.74, 6) is 2.08. The van der Waals surface area contributed by atoms with Crippen molar-refractivity contribution in [3.8, 4) is 0 Å². The molecular weight excluding hydrogens is 328 g/mol. The number of nitrogens with zero attached hydrogens (tertiary/aromatic N) is 1. The van der Waals surface area contributed by atoms with Gasteiger partial charge in [0.1, 0.15) is 11.5 Å². The van der Waals surface area contributed by atoms with Crippen molar-refractivity contribution in [3.05, 3.63) is 59.0 Å². The van der Waals surface area contributed by atoms with Gasteiger partial charge in [0.05, 0.1) is 6.54 Å². The zero-order valence-electron chi connectivity index (χ0n) is 15.5. The molecule has 2 aromatic rings. The largest absolute Gasteiger partial charge is 0.465 e. The van der Waals surface area contributed by atoms with Gasteiger partial charge in [-0.25, -0.2) is 0 Å². The highest BCUT2D eigenvalue weighted by atomic mass is 16.3. The average Bonchev–Trinajstić information content (AvgIpc) is 3.06. The van der Waals surface area contributed by atoms with Gasteiger partial charge in [0.2, 0.25) is 5.91 Å². The first-order valence-corrected chi connectivity index (χ1v) is 9.19. The molecule has 0 bridgehead atoms. The van der Waals surface area contributed by atoms with Crippen molar-refractivity contribution in [2.45, 2.75) is 39.7 Å². The number of hydrogen-bond donors (Lipinski definition) is 1. The Kier molecular flexibility index (Phi) is 5.76. The molecule has 1 fully saturated rings. The van der Waals surface area contributed by atoms with Gasteiger partial charge in [-0.15, -0.1) is 0 Å². The molecule has 0 spiro atoms. The van der Waals surface area contributed by atoms with Crippen molar-refractivity contribution in [1.82, 2.24) is 10.2 Å². The van der Waals surface area contributed by atoms with Gasteiger partial charge in [-0.1, -0.05) is 17.7 Å². The fourth-order valence-corrected chi connectivity index (χ4v) is 3.32. The lowest BCUT2D eigenvalue weighted by atomic mass is 9.93. The van der Waals surface area contributed by atoms with Crippen LogP contribution in [0, 0.1) is 19.8 Å². The minimum Gasteiger partial charge on any atom is -0.465 e. The molecular formula is C21H26N2O3. The van der Waals surface area contributed by atoms with E-state index in [-0.39, 0.29) is 11.8 Å². The molecule has 1 aliphatic heterocycles. The maximum Gasteiger partial charge on any atom is 0.253 e. The number of benzene rings is 1. The predicted octanol–water partition coefficient (Wildman–Crippen LogP) is 3.46. The summed E-state index contributed by atoms with van der Waals surface area (Å²) in [5.41, 5.74) is 1.89. The molecule has 5 nitrogen and oxygen atoms in total. The van der Waals surface area contributed by atoms with E-state index in [1.54, 1.807) is 0 Å². The molecule has 0 unspecified atom stereocenters. The Bertz CT molecular complexity index is 756. The van der Waals surface area contributed by atoms with Crippen LogP contribution in [0.4, 0.5) is 0 Å². The number of amides is 2. The van der Waals surface area contributed by atoms with Crippen molar-refractivity contribution in [1.29, 1.82) is 0 Å². The zero-order valence-corrected chi connectivity index (χ0v) is 15.5. The summed E-state index contributed by atoms with van der Waals surface area (Å²) in [7, 11) is 0. The quantitative estimate of drug-likeness (QED) is 0.894. The van der Waals surface area contributed by atoms with Gasteiger partial charge in [-0.3, -0.25) is 9.59 Å². The van der Waals surface area contributed by atoms with E-state index in [4.69, 9.17) is 4.42 Å². The van der Waals surface area contributed by atoms with Gasteiger partial charge in [0.15, 0.2) is 0 Å². The first kappa shape index (κ1) is 18.2.